The molecule has 2 heterocycles. The first-order chi connectivity index (χ1) is 15.8. The molecule has 2 amide bonds. The molecule has 0 bridgehead atoms. The molecule has 0 spiro atoms. The van der Waals surface area contributed by atoms with E-state index in [4.69, 9.17) is 4.74 Å². The van der Waals surface area contributed by atoms with E-state index in [1.165, 1.54) is 11.2 Å². The minimum atomic E-state index is -3.75. The zero-order valence-corrected chi connectivity index (χ0v) is 19.7. The van der Waals surface area contributed by atoms with Crippen LogP contribution in [0.5, 0.6) is 5.75 Å². The van der Waals surface area contributed by atoms with Crippen LogP contribution in [-0.2, 0) is 26.0 Å². The SMILES string of the molecule is COc1ccc(NC(=O)C2CCCN(S(=O)(=O)c3ccc4c(c3)CCCN4C(C)=O)C2)cc1. The Kier molecular flexibility index (Phi) is 6.71. The summed E-state index contributed by atoms with van der Waals surface area (Å²) in [6.45, 7) is 2.68. The molecular weight excluding hydrogens is 442 g/mol. The van der Waals surface area contributed by atoms with Crippen LogP contribution >= 0.6 is 0 Å². The minimum absolute atomic E-state index is 0.0479. The van der Waals surface area contributed by atoms with Crippen LogP contribution in [0.1, 0.15) is 31.7 Å². The molecule has 4 rings (SSSR count). The number of piperidine rings is 1. The van der Waals surface area contributed by atoms with Gasteiger partial charge in [-0.05, 0) is 73.7 Å². The predicted octanol–water partition coefficient (Wildman–Crippen LogP) is 3.03. The number of sulfonamides is 1. The summed E-state index contributed by atoms with van der Waals surface area (Å²) < 4.78 is 33.3. The highest BCUT2D eigenvalue weighted by Crippen LogP contribution is 2.32. The van der Waals surface area contributed by atoms with E-state index in [0.717, 1.165) is 24.1 Å². The number of carbonyl (C=O) groups is 2. The molecule has 2 aliphatic rings. The van der Waals surface area contributed by atoms with Gasteiger partial charge < -0.3 is 15.0 Å². The number of amides is 2. The molecule has 2 aliphatic heterocycles. The number of aryl methyl sites for hydroxylation is 1. The van der Waals surface area contributed by atoms with Gasteiger partial charge in [0.1, 0.15) is 5.75 Å². The number of benzene rings is 2. The highest BCUT2D eigenvalue weighted by Gasteiger charge is 2.34. The number of fused-ring (bicyclic) bond motifs is 1. The van der Waals surface area contributed by atoms with E-state index in [1.54, 1.807) is 54.5 Å². The quantitative estimate of drug-likeness (QED) is 0.723. The Morgan fingerprint density at radius 2 is 1.82 bits per heavy atom. The summed E-state index contributed by atoms with van der Waals surface area (Å²) in [5.74, 6) is 0.0248. The third-order valence-corrected chi connectivity index (χ3v) is 8.16. The lowest BCUT2D eigenvalue weighted by atomic mass is 9.98. The van der Waals surface area contributed by atoms with Gasteiger partial charge in [-0.15, -0.1) is 0 Å². The molecule has 0 saturated carbocycles. The summed E-state index contributed by atoms with van der Waals surface area (Å²) in [5, 5.41) is 2.88. The lowest BCUT2D eigenvalue weighted by molar-refractivity contribution is -0.121. The lowest BCUT2D eigenvalue weighted by Crippen LogP contribution is -2.43. The van der Waals surface area contributed by atoms with Gasteiger partial charge in [-0.3, -0.25) is 9.59 Å². The average molecular weight is 472 g/mol. The Hall–Kier alpha value is -2.91. The second-order valence-electron chi connectivity index (χ2n) is 8.48. The maximum atomic E-state index is 13.4. The molecule has 1 N–H and O–H groups in total. The van der Waals surface area contributed by atoms with Gasteiger partial charge in [0.2, 0.25) is 21.8 Å². The minimum Gasteiger partial charge on any atom is -0.497 e. The first-order valence-electron chi connectivity index (χ1n) is 11.2. The Bertz CT molecular complexity index is 1150. The fourth-order valence-electron chi connectivity index (χ4n) is 4.50. The Morgan fingerprint density at radius 3 is 2.52 bits per heavy atom. The maximum absolute atomic E-state index is 13.4. The zero-order chi connectivity index (χ0) is 23.6. The van der Waals surface area contributed by atoms with Gasteiger partial charge in [-0.1, -0.05) is 0 Å². The van der Waals surface area contributed by atoms with Crippen LogP contribution in [-0.4, -0.2) is 51.3 Å². The maximum Gasteiger partial charge on any atom is 0.243 e. The second-order valence-corrected chi connectivity index (χ2v) is 10.4. The summed E-state index contributed by atoms with van der Waals surface area (Å²) in [7, 11) is -2.17. The zero-order valence-electron chi connectivity index (χ0n) is 18.9. The van der Waals surface area contributed by atoms with Crippen LogP contribution < -0.4 is 15.0 Å². The molecule has 0 aliphatic carbocycles. The van der Waals surface area contributed by atoms with Crippen LogP contribution in [0.15, 0.2) is 47.4 Å². The van der Waals surface area contributed by atoms with E-state index in [2.05, 4.69) is 5.32 Å². The van der Waals surface area contributed by atoms with Crippen molar-refractivity contribution >= 4 is 33.2 Å². The molecule has 33 heavy (non-hydrogen) atoms. The van der Waals surface area contributed by atoms with Gasteiger partial charge in [-0.2, -0.15) is 4.31 Å². The number of ether oxygens (including phenoxy) is 1. The van der Waals surface area contributed by atoms with Crippen molar-refractivity contribution in [2.45, 2.75) is 37.5 Å². The molecule has 1 fully saturated rings. The molecule has 0 radical (unpaired) electrons. The third kappa shape index (κ3) is 4.89. The van der Waals surface area contributed by atoms with E-state index >= 15 is 0 Å². The van der Waals surface area contributed by atoms with Crippen molar-refractivity contribution in [3.05, 3.63) is 48.0 Å². The summed E-state index contributed by atoms with van der Waals surface area (Å²) in [5.41, 5.74) is 2.29. The molecule has 2 aromatic rings. The Balaban J connectivity index is 1.49. The van der Waals surface area contributed by atoms with Gasteiger partial charge >= 0.3 is 0 Å². The van der Waals surface area contributed by atoms with Gasteiger partial charge in [0.25, 0.3) is 0 Å². The molecule has 2 aromatic carbocycles. The van der Waals surface area contributed by atoms with Crippen molar-refractivity contribution in [1.82, 2.24) is 4.31 Å². The van der Waals surface area contributed by atoms with Crippen molar-refractivity contribution < 1.29 is 22.7 Å². The molecule has 1 atom stereocenters. The Morgan fingerprint density at radius 1 is 1.06 bits per heavy atom. The van der Waals surface area contributed by atoms with Crippen molar-refractivity contribution in [3.8, 4) is 5.75 Å². The number of anilines is 2. The molecule has 9 heteroatoms. The molecule has 1 saturated heterocycles. The average Bonchev–Trinajstić information content (AvgIpc) is 2.83. The topological polar surface area (TPSA) is 96.0 Å². The van der Waals surface area contributed by atoms with Crippen LogP contribution in [0, 0.1) is 5.92 Å². The number of methoxy groups -OCH3 is 1. The molecule has 176 valence electrons. The fourth-order valence-corrected chi connectivity index (χ4v) is 6.08. The van der Waals surface area contributed by atoms with E-state index in [0.29, 0.717) is 37.4 Å². The third-order valence-electron chi connectivity index (χ3n) is 6.30. The molecular formula is C24H29N3O5S. The van der Waals surface area contributed by atoms with Gasteiger partial charge in [0.15, 0.2) is 0 Å². The van der Waals surface area contributed by atoms with Crippen molar-refractivity contribution in [1.29, 1.82) is 0 Å². The second kappa shape index (κ2) is 9.52. The van der Waals surface area contributed by atoms with Crippen molar-refractivity contribution in [2.75, 3.05) is 37.0 Å². The van der Waals surface area contributed by atoms with E-state index in [1.807, 2.05) is 0 Å². The molecule has 8 nitrogen and oxygen atoms in total. The standard InChI is InChI=1S/C24H29N3O5S/c1-17(28)27-14-4-5-18-15-22(11-12-23(18)27)33(30,31)26-13-3-6-19(16-26)24(29)25-20-7-9-21(32-2)10-8-20/h7-12,15,19H,3-6,13-14,16H2,1-2H3,(H,25,29). The molecule has 0 aromatic heterocycles. The number of carbonyl (C=O) groups excluding carboxylic acids is 2. The summed E-state index contributed by atoms with van der Waals surface area (Å²) in [6, 6.07) is 12.0. The Labute approximate surface area is 194 Å². The van der Waals surface area contributed by atoms with E-state index in [9.17, 15) is 18.0 Å². The van der Waals surface area contributed by atoms with Gasteiger partial charge in [-0.25, -0.2) is 8.42 Å². The van der Waals surface area contributed by atoms with Crippen LogP contribution in [0.25, 0.3) is 0 Å². The predicted molar refractivity (Wildman–Crippen MR) is 126 cm³/mol. The first kappa shape index (κ1) is 23.3. The summed E-state index contributed by atoms with van der Waals surface area (Å²) in [4.78, 5) is 26.6. The number of hydrogen-bond acceptors (Lipinski definition) is 5. The molecule has 1 unspecified atom stereocenters. The van der Waals surface area contributed by atoms with Crippen LogP contribution in [0.4, 0.5) is 11.4 Å². The fraction of sp³-hybridized carbons (Fsp3) is 0.417. The number of nitrogens with one attached hydrogen (secondary N) is 1. The number of hydrogen-bond donors (Lipinski definition) is 1. The number of nitrogens with zero attached hydrogens (tertiary/aromatic N) is 2. The normalized spacial score (nSPS) is 19.0. The first-order valence-corrected chi connectivity index (χ1v) is 12.6. The van der Waals surface area contributed by atoms with Crippen molar-refractivity contribution in [3.63, 3.8) is 0 Å². The van der Waals surface area contributed by atoms with Gasteiger partial charge in [0, 0.05) is 37.9 Å². The van der Waals surface area contributed by atoms with Crippen molar-refractivity contribution in [2.24, 2.45) is 5.92 Å². The van der Waals surface area contributed by atoms with E-state index in [-0.39, 0.29) is 23.3 Å². The van der Waals surface area contributed by atoms with Crippen LogP contribution in [0.2, 0.25) is 0 Å². The summed E-state index contributed by atoms with van der Waals surface area (Å²) in [6.07, 6.45) is 2.78. The highest BCUT2D eigenvalue weighted by molar-refractivity contribution is 7.89. The van der Waals surface area contributed by atoms with Crippen LogP contribution in [0.3, 0.4) is 0 Å². The monoisotopic (exact) mass is 471 g/mol. The number of rotatable bonds is 5. The van der Waals surface area contributed by atoms with E-state index < -0.39 is 15.9 Å². The largest absolute Gasteiger partial charge is 0.497 e. The van der Waals surface area contributed by atoms with Gasteiger partial charge in [0.05, 0.1) is 17.9 Å². The highest BCUT2D eigenvalue weighted by atomic mass is 32.2. The lowest BCUT2D eigenvalue weighted by Gasteiger charge is -2.32. The summed E-state index contributed by atoms with van der Waals surface area (Å²) >= 11 is 0. The smallest absolute Gasteiger partial charge is 0.243 e.